The Labute approximate surface area is 179 Å². The number of aromatic nitrogens is 1. The van der Waals surface area contributed by atoms with Crippen LogP contribution in [0.15, 0.2) is 24.3 Å². The zero-order valence-corrected chi connectivity index (χ0v) is 17.8. The molecule has 0 unspecified atom stereocenters. The first-order chi connectivity index (χ1) is 13.5. The molecule has 10 heteroatoms. The third kappa shape index (κ3) is 4.17. The van der Waals surface area contributed by atoms with Gasteiger partial charge in [0.15, 0.2) is 5.13 Å². The van der Waals surface area contributed by atoms with E-state index >= 15 is 0 Å². The van der Waals surface area contributed by atoms with E-state index in [9.17, 15) is 9.18 Å². The molecule has 3 aromatic rings. The number of thiophene rings is 1. The summed E-state index contributed by atoms with van der Waals surface area (Å²) in [5.74, 6) is -0.696. The Bertz CT molecular complexity index is 1000. The van der Waals surface area contributed by atoms with E-state index in [1.807, 2.05) is 0 Å². The number of anilines is 1. The fraction of sp³-hybridized carbons (Fsp3) is 0.333. The van der Waals surface area contributed by atoms with Crippen LogP contribution in [0.2, 0.25) is 8.67 Å². The van der Waals surface area contributed by atoms with Crippen LogP contribution in [0.4, 0.5) is 9.52 Å². The minimum Gasteiger partial charge on any atom is -0.379 e. The standard InChI is InChI=1S/C18H16Cl2FN3O2S2/c19-14-10-11(16(20)28-14)17(25)24(5-4-23-6-8-26-9-7-23)18-22-15-12(21)2-1-3-13(15)27-18/h1-3,10H,4-9H2. The number of hydrogen-bond donors (Lipinski definition) is 0. The van der Waals surface area contributed by atoms with Crippen molar-refractivity contribution in [2.24, 2.45) is 0 Å². The molecule has 1 saturated heterocycles. The molecule has 0 aliphatic carbocycles. The summed E-state index contributed by atoms with van der Waals surface area (Å²) in [6.45, 7) is 4.02. The molecular weight excluding hydrogens is 444 g/mol. The number of benzene rings is 1. The van der Waals surface area contributed by atoms with Crippen molar-refractivity contribution < 1.29 is 13.9 Å². The Kier molecular flexibility index (Phi) is 6.15. The Balaban J connectivity index is 1.66. The number of para-hydroxylation sites is 1. The number of fused-ring (bicyclic) bond motifs is 1. The maximum atomic E-state index is 14.1. The van der Waals surface area contributed by atoms with Gasteiger partial charge in [-0.3, -0.25) is 14.6 Å². The van der Waals surface area contributed by atoms with Gasteiger partial charge in [0.1, 0.15) is 15.7 Å². The second-order valence-electron chi connectivity index (χ2n) is 6.23. The van der Waals surface area contributed by atoms with Gasteiger partial charge in [0.25, 0.3) is 5.91 Å². The Morgan fingerprint density at radius 3 is 2.75 bits per heavy atom. The van der Waals surface area contributed by atoms with Gasteiger partial charge in [-0.2, -0.15) is 0 Å². The van der Waals surface area contributed by atoms with Gasteiger partial charge in [-0.05, 0) is 18.2 Å². The predicted molar refractivity (Wildman–Crippen MR) is 113 cm³/mol. The van der Waals surface area contributed by atoms with Crippen LogP contribution in [0, 0.1) is 5.82 Å². The van der Waals surface area contributed by atoms with Crippen molar-refractivity contribution in [3.63, 3.8) is 0 Å². The van der Waals surface area contributed by atoms with E-state index in [1.54, 1.807) is 23.1 Å². The summed E-state index contributed by atoms with van der Waals surface area (Å²) in [4.78, 5) is 21.4. The van der Waals surface area contributed by atoms with Crippen molar-refractivity contribution in [2.75, 3.05) is 44.3 Å². The van der Waals surface area contributed by atoms with Crippen LogP contribution in [0.25, 0.3) is 10.2 Å². The number of ether oxygens (including phenoxy) is 1. The number of carbonyl (C=O) groups excluding carboxylic acids is 1. The van der Waals surface area contributed by atoms with Crippen LogP contribution < -0.4 is 4.90 Å². The molecule has 0 N–H and O–H groups in total. The highest BCUT2D eigenvalue weighted by molar-refractivity contribution is 7.22. The van der Waals surface area contributed by atoms with Crippen molar-refractivity contribution in [3.8, 4) is 0 Å². The van der Waals surface area contributed by atoms with Gasteiger partial charge in [-0.15, -0.1) is 11.3 Å². The van der Waals surface area contributed by atoms with E-state index in [-0.39, 0.29) is 11.4 Å². The molecule has 0 bridgehead atoms. The van der Waals surface area contributed by atoms with Crippen LogP contribution in [0.5, 0.6) is 0 Å². The van der Waals surface area contributed by atoms with Gasteiger partial charge >= 0.3 is 0 Å². The fourth-order valence-electron chi connectivity index (χ4n) is 3.00. The molecule has 3 heterocycles. The van der Waals surface area contributed by atoms with E-state index in [4.69, 9.17) is 27.9 Å². The van der Waals surface area contributed by atoms with Crippen molar-refractivity contribution in [1.82, 2.24) is 9.88 Å². The first-order valence-corrected chi connectivity index (χ1v) is 11.0. The lowest BCUT2D eigenvalue weighted by atomic mass is 10.3. The summed E-state index contributed by atoms with van der Waals surface area (Å²) in [7, 11) is 0. The second kappa shape index (κ2) is 8.61. The third-order valence-corrected chi connectivity index (χ3v) is 7.00. The molecule has 1 aromatic carbocycles. The molecule has 2 aromatic heterocycles. The number of halogens is 3. The highest BCUT2D eigenvalue weighted by Crippen LogP contribution is 2.35. The second-order valence-corrected chi connectivity index (χ2v) is 9.53. The maximum absolute atomic E-state index is 14.1. The molecule has 0 saturated carbocycles. The highest BCUT2D eigenvalue weighted by Gasteiger charge is 2.26. The number of carbonyl (C=O) groups is 1. The molecular formula is C18H16Cl2FN3O2S2. The number of thiazole rings is 1. The summed E-state index contributed by atoms with van der Waals surface area (Å²) in [6.07, 6.45) is 0. The Hall–Kier alpha value is -1.29. The zero-order valence-electron chi connectivity index (χ0n) is 14.7. The number of rotatable bonds is 5. The number of morpholine rings is 1. The van der Waals surface area contributed by atoms with Crippen molar-refractivity contribution in [3.05, 3.63) is 44.3 Å². The van der Waals surface area contributed by atoms with Gasteiger partial charge in [0.05, 0.1) is 27.8 Å². The maximum Gasteiger partial charge on any atom is 0.262 e. The molecule has 1 aliphatic heterocycles. The largest absolute Gasteiger partial charge is 0.379 e. The van der Waals surface area contributed by atoms with E-state index in [0.717, 1.165) is 24.4 Å². The zero-order chi connectivity index (χ0) is 19.7. The van der Waals surface area contributed by atoms with E-state index in [1.165, 1.54) is 17.4 Å². The van der Waals surface area contributed by atoms with E-state index < -0.39 is 5.82 Å². The SMILES string of the molecule is O=C(c1cc(Cl)sc1Cl)N(CCN1CCOCC1)c1nc2c(F)cccc2s1. The van der Waals surface area contributed by atoms with E-state index in [2.05, 4.69) is 9.88 Å². The average Bonchev–Trinajstić information content (AvgIpc) is 3.26. The minimum atomic E-state index is -0.405. The molecule has 28 heavy (non-hydrogen) atoms. The van der Waals surface area contributed by atoms with Crippen LogP contribution in [0.1, 0.15) is 10.4 Å². The van der Waals surface area contributed by atoms with Gasteiger partial charge in [-0.25, -0.2) is 9.37 Å². The molecule has 148 valence electrons. The molecule has 0 spiro atoms. The lowest BCUT2D eigenvalue weighted by molar-refractivity contribution is 0.0391. The first kappa shape index (κ1) is 20.0. The molecule has 1 amide bonds. The van der Waals surface area contributed by atoms with Crippen molar-refractivity contribution in [2.45, 2.75) is 0 Å². The normalized spacial score (nSPS) is 15.2. The topological polar surface area (TPSA) is 45.7 Å². The number of nitrogens with zero attached hydrogens (tertiary/aromatic N) is 3. The molecule has 1 aliphatic rings. The van der Waals surface area contributed by atoms with E-state index in [0.29, 0.717) is 50.4 Å². The lowest BCUT2D eigenvalue weighted by Gasteiger charge is -2.29. The van der Waals surface area contributed by atoms with Crippen LogP contribution in [-0.2, 0) is 4.74 Å². The van der Waals surface area contributed by atoms with Crippen molar-refractivity contribution >= 4 is 67.1 Å². The quantitative estimate of drug-likeness (QED) is 0.550. The molecule has 5 nitrogen and oxygen atoms in total. The average molecular weight is 460 g/mol. The monoisotopic (exact) mass is 459 g/mol. The van der Waals surface area contributed by atoms with Crippen LogP contribution >= 0.6 is 45.9 Å². The molecule has 1 fully saturated rings. The highest BCUT2D eigenvalue weighted by atomic mass is 35.5. The lowest BCUT2D eigenvalue weighted by Crippen LogP contribution is -2.43. The van der Waals surface area contributed by atoms with Crippen LogP contribution in [-0.4, -0.2) is 55.2 Å². The predicted octanol–water partition coefficient (Wildman–Crippen LogP) is 4.78. The van der Waals surface area contributed by atoms with Gasteiger partial charge in [-0.1, -0.05) is 40.6 Å². The number of hydrogen-bond acceptors (Lipinski definition) is 6. The number of amides is 1. The van der Waals surface area contributed by atoms with Gasteiger partial charge in [0, 0.05) is 26.2 Å². The van der Waals surface area contributed by atoms with Gasteiger partial charge < -0.3 is 4.74 Å². The third-order valence-electron chi connectivity index (χ3n) is 4.47. The van der Waals surface area contributed by atoms with Crippen LogP contribution in [0.3, 0.4) is 0 Å². The fourth-order valence-corrected chi connectivity index (χ4v) is 5.45. The minimum absolute atomic E-state index is 0.265. The first-order valence-electron chi connectivity index (χ1n) is 8.65. The Morgan fingerprint density at radius 1 is 1.29 bits per heavy atom. The molecule has 0 atom stereocenters. The molecule has 4 rings (SSSR count). The Morgan fingerprint density at radius 2 is 2.07 bits per heavy atom. The smallest absolute Gasteiger partial charge is 0.262 e. The summed E-state index contributed by atoms with van der Waals surface area (Å²) >= 11 is 14.7. The van der Waals surface area contributed by atoms with Crippen molar-refractivity contribution in [1.29, 1.82) is 0 Å². The summed E-state index contributed by atoms with van der Waals surface area (Å²) in [5, 5.41) is 0.441. The molecule has 0 radical (unpaired) electrons. The van der Waals surface area contributed by atoms with Gasteiger partial charge in [0.2, 0.25) is 0 Å². The summed E-state index contributed by atoms with van der Waals surface area (Å²) in [6, 6.07) is 6.35. The summed E-state index contributed by atoms with van der Waals surface area (Å²) < 4.78 is 20.9. The summed E-state index contributed by atoms with van der Waals surface area (Å²) in [5.41, 5.74) is 0.597.